The zero-order valence-corrected chi connectivity index (χ0v) is 19.2. The highest BCUT2D eigenvalue weighted by Crippen LogP contribution is 2.36. The molecule has 3 aromatic rings. The number of H-pyrrole nitrogens is 1. The molecule has 0 aliphatic heterocycles. The molecule has 1 unspecified atom stereocenters. The van der Waals surface area contributed by atoms with Gasteiger partial charge in [0.1, 0.15) is 17.3 Å². The Morgan fingerprint density at radius 1 is 1.31 bits per heavy atom. The molecule has 2 aromatic heterocycles. The van der Waals surface area contributed by atoms with E-state index in [-0.39, 0.29) is 18.8 Å². The van der Waals surface area contributed by atoms with E-state index in [0.717, 1.165) is 11.1 Å². The predicted molar refractivity (Wildman–Crippen MR) is 125 cm³/mol. The molecular formula is C23H27N3O5S. The first kappa shape index (κ1) is 23.8. The van der Waals surface area contributed by atoms with Crippen LogP contribution in [0.1, 0.15) is 12.7 Å². The van der Waals surface area contributed by atoms with E-state index in [1.165, 1.54) is 11.3 Å². The van der Waals surface area contributed by atoms with Gasteiger partial charge in [-0.15, -0.1) is 17.8 Å². The SMILES string of the molecule is C#CCOCC(O)CN(CC)Cc1nc2scc(-c3ccc(OC)c(OC)c3)c2c(=O)[nH]1. The van der Waals surface area contributed by atoms with Gasteiger partial charge in [0.15, 0.2) is 11.5 Å². The predicted octanol–water partition coefficient (Wildman–Crippen LogP) is 2.50. The number of aromatic nitrogens is 2. The summed E-state index contributed by atoms with van der Waals surface area (Å²) in [6.07, 6.45) is 4.47. The number of benzene rings is 1. The van der Waals surface area contributed by atoms with Gasteiger partial charge in [0.2, 0.25) is 0 Å². The molecule has 3 rings (SSSR count). The molecule has 0 bridgehead atoms. The summed E-state index contributed by atoms with van der Waals surface area (Å²) in [5.41, 5.74) is 1.43. The topological polar surface area (TPSA) is 96.9 Å². The molecule has 0 saturated carbocycles. The molecule has 8 nitrogen and oxygen atoms in total. The van der Waals surface area contributed by atoms with Crippen LogP contribution in [-0.2, 0) is 11.3 Å². The number of hydrogen-bond acceptors (Lipinski definition) is 8. The van der Waals surface area contributed by atoms with Crippen molar-refractivity contribution in [1.82, 2.24) is 14.9 Å². The normalized spacial score (nSPS) is 12.1. The molecule has 1 atom stereocenters. The molecule has 0 fully saturated rings. The minimum absolute atomic E-state index is 0.156. The fourth-order valence-electron chi connectivity index (χ4n) is 3.41. The van der Waals surface area contributed by atoms with Crippen LogP contribution in [0, 0.1) is 12.3 Å². The summed E-state index contributed by atoms with van der Waals surface area (Å²) in [5.74, 6) is 4.13. The van der Waals surface area contributed by atoms with Gasteiger partial charge in [-0.2, -0.15) is 0 Å². The molecule has 9 heteroatoms. The average molecular weight is 458 g/mol. The van der Waals surface area contributed by atoms with Crippen molar-refractivity contribution < 1.29 is 19.3 Å². The first-order valence-electron chi connectivity index (χ1n) is 10.1. The van der Waals surface area contributed by atoms with E-state index in [2.05, 4.69) is 15.9 Å². The van der Waals surface area contributed by atoms with Gasteiger partial charge in [-0.1, -0.05) is 18.9 Å². The number of likely N-dealkylation sites (N-methyl/N-ethyl adjacent to an activating group) is 1. The Kier molecular flexibility index (Phi) is 8.25. The van der Waals surface area contributed by atoms with E-state index in [9.17, 15) is 9.90 Å². The molecule has 170 valence electrons. The first-order valence-corrected chi connectivity index (χ1v) is 11.0. The number of nitrogens with one attached hydrogen (secondary N) is 1. The number of terminal acetylenes is 1. The largest absolute Gasteiger partial charge is 0.493 e. The van der Waals surface area contributed by atoms with Crippen molar-refractivity contribution in [1.29, 1.82) is 0 Å². The summed E-state index contributed by atoms with van der Waals surface area (Å²) in [7, 11) is 3.16. The second-order valence-electron chi connectivity index (χ2n) is 7.11. The zero-order valence-electron chi connectivity index (χ0n) is 18.4. The fraction of sp³-hybridized carbons (Fsp3) is 0.391. The Bertz CT molecular complexity index is 1150. The van der Waals surface area contributed by atoms with Crippen molar-refractivity contribution in [2.24, 2.45) is 0 Å². The molecule has 0 radical (unpaired) electrons. The molecule has 1 aromatic carbocycles. The Morgan fingerprint density at radius 2 is 2.09 bits per heavy atom. The van der Waals surface area contributed by atoms with Crippen LogP contribution in [-0.4, -0.2) is 66.6 Å². The smallest absolute Gasteiger partial charge is 0.260 e. The maximum atomic E-state index is 12.9. The lowest BCUT2D eigenvalue weighted by atomic mass is 10.1. The third kappa shape index (κ3) is 5.47. The van der Waals surface area contributed by atoms with E-state index in [1.54, 1.807) is 14.2 Å². The number of aliphatic hydroxyl groups excluding tert-OH is 1. The van der Waals surface area contributed by atoms with Crippen LogP contribution in [0.15, 0.2) is 28.4 Å². The summed E-state index contributed by atoms with van der Waals surface area (Å²) < 4.78 is 15.9. The third-order valence-corrected chi connectivity index (χ3v) is 5.84. The van der Waals surface area contributed by atoms with Crippen molar-refractivity contribution in [2.75, 3.05) is 40.5 Å². The summed E-state index contributed by atoms with van der Waals surface area (Å²) >= 11 is 1.41. The number of ether oxygens (including phenoxy) is 3. The van der Waals surface area contributed by atoms with Crippen LogP contribution < -0.4 is 15.0 Å². The lowest BCUT2D eigenvalue weighted by Crippen LogP contribution is -2.35. The van der Waals surface area contributed by atoms with Gasteiger partial charge in [-0.25, -0.2) is 4.98 Å². The van der Waals surface area contributed by atoms with E-state index in [0.29, 0.717) is 47.2 Å². The second kappa shape index (κ2) is 11.1. The standard InChI is InChI=1S/C23H27N3O5S/c1-5-9-31-13-16(27)11-26(6-2)12-20-24-22(28)21-17(14-32-23(21)25-20)15-7-8-18(29-3)19(10-15)30-4/h1,7-8,10,14,16,27H,6,9,11-13H2,2-4H3,(H,24,25,28). The van der Waals surface area contributed by atoms with Crippen LogP contribution in [0.5, 0.6) is 11.5 Å². The highest BCUT2D eigenvalue weighted by Gasteiger charge is 2.17. The van der Waals surface area contributed by atoms with E-state index in [1.807, 2.05) is 35.4 Å². The van der Waals surface area contributed by atoms with Crippen molar-refractivity contribution in [2.45, 2.75) is 19.6 Å². The molecule has 0 amide bonds. The molecule has 2 heterocycles. The maximum Gasteiger partial charge on any atom is 0.260 e. The fourth-order valence-corrected chi connectivity index (χ4v) is 4.37. The zero-order chi connectivity index (χ0) is 23.1. The minimum atomic E-state index is -0.683. The number of nitrogens with zero attached hydrogens (tertiary/aromatic N) is 2. The van der Waals surface area contributed by atoms with Crippen LogP contribution >= 0.6 is 11.3 Å². The number of rotatable bonds is 11. The number of thiophene rings is 1. The number of methoxy groups -OCH3 is 2. The van der Waals surface area contributed by atoms with E-state index >= 15 is 0 Å². The van der Waals surface area contributed by atoms with Gasteiger partial charge in [-0.3, -0.25) is 9.69 Å². The minimum Gasteiger partial charge on any atom is -0.493 e. The lowest BCUT2D eigenvalue weighted by Gasteiger charge is -2.22. The molecule has 2 N–H and O–H groups in total. The Morgan fingerprint density at radius 3 is 2.78 bits per heavy atom. The van der Waals surface area contributed by atoms with Gasteiger partial charge >= 0.3 is 0 Å². The summed E-state index contributed by atoms with van der Waals surface area (Å²) in [4.78, 5) is 23.1. The second-order valence-corrected chi connectivity index (χ2v) is 7.97. The van der Waals surface area contributed by atoms with Gasteiger partial charge in [0.25, 0.3) is 5.56 Å². The summed E-state index contributed by atoms with van der Waals surface area (Å²) in [5, 5.41) is 12.6. The Balaban J connectivity index is 1.83. The van der Waals surface area contributed by atoms with Crippen LogP contribution in [0.4, 0.5) is 0 Å². The van der Waals surface area contributed by atoms with E-state index < -0.39 is 6.10 Å². The number of aromatic amines is 1. The van der Waals surface area contributed by atoms with Crippen LogP contribution in [0.2, 0.25) is 0 Å². The molecule has 32 heavy (non-hydrogen) atoms. The van der Waals surface area contributed by atoms with Crippen LogP contribution in [0.25, 0.3) is 21.3 Å². The lowest BCUT2D eigenvalue weighted by molar-refractivity contribution is 0.0267. The van der Waals surface area contributed by atoms with Gasteiger partial charge < -0.3 is 24.3 Å². The van der Waals surface area contributed by atoms with E-state index in [4.69, 9.17) is 20.6 Å². The average Bonchev–Trinajstić information content (AvgIpc) is 3.22. The van der Waals surface area contributed by atoms with Crippen LogP contribution in [0.3, 0.4) is 0 Å². The quantitative estimate of drug-likeness (QED) is 0.337. The molecule has 0 spiro atoms. The number of hydrogen-bond donors (Lipinski definition) is 2. The number of fused-ring (bicyclic) bond motifs is 1. The Labute approximate surface area is 190 Å². The van der Waals surface area contributed by atoms with Gasteiger partial charge in [0.05, 0.1) is 38.9 Å². The maximum absolute atomic E-state index is 12.9. The monoisotopic (exact) mass is 457 g/mol. The highest BCUT2D eigenvalue weighted by molar-refractivity contribution is 7.17. The van der Waals surface area contributed by atoms with Crippen molar-refractivity contribution in [3.8, 4) is 35.0 Å². The van der Waals surface area contributed by atoms with Gasteiger partial charge in [-0.05, 0) is 24.2 Å². The molecular weight excluding hydrogens is 430 g/mol. The van der Waals surface area contributed by atoms with Crippen molar-refractivity contribution in [3.63, 3.8) is 0 Å². The Hall–Kier alpha value is -2.90. The number of aliphatic hydroxyl groups is 1. The van der Waals surface area contributed by atoms with Crippen molar-refractivity contribution in [3.05, 3.63) is 39.8 Å². The van der Waals surface area contributed by atoms with Crippen molar-refractivity contribution >= 4 is 21.6 Å². The third-order valence-electron chi connectivity index (χ3n) is 4.97. The highest BCUT2D eigenvalue weighted by atomic mass is 32.1. The molecule has 0 aliphatic rings. The molecule has 0 aliphatic carbocycles. The summed E-state index contributed by atoms with van der Waals surface area (Å²) in [6, 6.07) is 5.54. The summed E-state index contributed by atoms with van der Waals surface area (Å²) in [6.45, 7) is 3.75. The molecule has 0 saturated heterocycles. The first-order chi connectivity index (χ1) is 15.5. The van der Waals surface area contributed by atoms with Gasteiger partial charge in [0, 0.05) is 17.5 Å².